The minimum atomic E-state index is -0.665. The summed E-state index contributed by atoms with van der Waals surface area (Å²) in [6.45, 7) is 3.28. The number of thiophene rings is 1. The number of benzene rings is 1. The Bertz CT molecular complexity index is 1090. The monoisotopic (exact) mass is 459 g/mol. The van der Waals surface area contributed by atoms with Crippen LogP contribution in [-0.4, -0.2) is 46.9 Å². The van der Waals surface area contributed by atoms with Crippen molar-refractivity contribution in [2.75, 3.05) is 24.8 Å². The predicted octanol–water partition coefficient (Wildman–Crippen LogP) is 3.94. The van der Waals surface area contributed by atoms with Crippen molar-refractivity contribution in [2.24, 2.45) is 0 Å². The van der Waals surface area contributed by atoms with E-state index in [0.29, 0.717) is 20.6 Å². The molecule has 1 amide bonds. The number of hydrogen-bond acceptors (Lipinski definition) is 8. The topological polar surface area (TPSA) is 99.5 Å². The maximum atomic E-state index is 12.6. The van der Waals surface area contributed by atoms with Gasteiger partial charge in [0.15, 0.2) is 17.5 Å². The summed E-state index contributed by atoms with van der Waals surface area (Å²) in [4.78, 5) is 41.5. The van der Waals surface area contributed by atoms with Crippen LogP contribution in [0.3, 0.4) is 0 Å². The van der Waals surface area contributed by atoms with E-state index in [-0.39, 0.29) is 12.3 Å². The van der Waals surface area contributed by atoms with Crippen LogP contribution in [0.25, 0.3) is 5.69 Å². The molecule has 0 aliphatic rings. The molecule has 8 nitrogen and oxygen atoms in total. The van der Waals surface area contributed by atoms with Crippen molar-refractivity contribution >= 4 is 45.9 Å². The molecule has 0 bridgehead atoms. The van der Waals surface area contributed by atoms with Crippen LogP contribution in [0.4, 0.5) is 5.00 Å². The van der Waals surface area contributed by atoms with Gasteiger partial charge in [0.2, 0.25) is 0 Å². The van der Waals surface area contributed by atoms with Crippen molar-refractivity contribution in [1.82, 2.24) is 9.55 Å². The molecule has 31 heavy (non-hydrogen) atoms. The minimum Gasteiger partial charge on any atom is -0.462 e. The third-order valence-corrected chi connectivity index (χ3v) is 5.90. The van der Waals surface area contributed by atoms with Gasteiger partial charge >= 0.3 is 11.9 Å². The first-order valence-corrected chi connectivity index (χ1v) is 11.4. The Morgan fingerprint density at radius 3 is 2.58 bits per heavy atom. The number of imidazole rings is 1. The van der Waals surface area contributed by atoms with Crippen LogP contribution in [0.1, 0.15) is 32.6 Å². The van der Waals surface area contributed by atoms with Gasteiger partial charge in [-0.3, -0.25) is 9.36 Å². The van der Waals surface area contributed by atoms with Crippen molar-refractivity contribution in [3.63, 3.8) is 0 Å². The van der Waals surface area contributed by atoms with Gasteiger partial charge in [-0.1, -0.05) is 30.0 Å². The van der Waals surface area contributed by atoms with Gasteiger partial charge in [0.1, 0.15) is 4.88 Å². The zero-order chi connectivity index (χ0) is 22.4. The minimum absolute atomic E-state index is 0.222. The Hall–Kier alpha value is -3.11. The van der Waals surface area contributed by atoms with Gasteiger partial charge in [-0.25, -0.2) is 14.6 Å². The lowest BCUT2D eigenvalue weighted by molar-refractivity contribution is -0.119. The van der Waals surface area contributed by atoms with Crippen molar-refractivity contribution in [2.45, 2.75) is 19.0 Å². The van der Waals surface area contributed by atoms with E-state index in [1.54, 1.807) is 24.5 Å². The highest BCUT2D eigenvalue weighted by atomic mass is 32.2. The normalized spacial score (nSPS) is 10.5. The summed E-state index contributed by atoms with van der Waals surface area (Å²) in [6.07, 6.45) is 3.28. The Kier molecular flexibility index (Phi) is 7.48. The molecule has 0 spiro atoms. The number of carbonyl (C=O) groups excluding carboxylic acids is 3. The van der Waals surface area contributed by atoms with Crippen LogP contribution in [0.5, 0.6) is 0 Å². The maximum absolute atomic E-state index is 12.6. The molecule has 0 saturated heterocycles. The fraction of sp³-hybridized carbons (Fsp3) is 0.238. The van der Waals surface area contributed by atoms with Crippen LogP contribution in [-0.2, 0) is 14.3 Å². The first-order chi connectivity index (χ1) is 14.9. The summed E-state index contributed by atoms with van der Waals surface area (Å²) < 4.78 is 11.9. The number of nitrogens with one attached hydrogen (secondary N) is 1. The molecule has 2 aromatic heterocycles. The smallest absolute Gasteiger partial charge is 0.357 e. The van der Waals surface area contributed by atoms with Crippen molar-refractivity contribution < 1.29 is 23.9 Å². The molecule has 2 heterocycles. The number of esters is 2. The predicted molar refractivity (Wildman–Crippen MR) is 119 cm³/mol. The number of thioether (sulfide) groups is 1. The molecule has 0 atom stereocenters. The summed E-state index contributed by atoms with van der Waals surface area (Å²) >= 11 is 2.50. The van der Waals surface area contributed by atoms with E-state index in [1.165, 1.54) is 18.0 Å². The average molecular weight is 460 g/mol. The second-order valence-electron chi connectivity index (χ2n) is 6.27. The van der Waals surface area contributed by atoms with E-state index in [0.717, 1.165) is 17.0 Å². The molecule has 3 rings (SSSR count). The molecular formula is C21H21N3O5S2. The van der Waals surface area contributed by atoms with Gasteiger partial charge in [-0.15, -0.1) is 11.3 Å². The fourth-order valence-corrected chi connectivity index (χ4v) is 4.30. The molecule has 0 unspecified atom stereocenters. The lowest BCUT2D eigenvalue weighted by Crippen LogP contribution is -2.21. The number of anilines is 1. The first-order valence-electron chi connectivity index (χ1n) is 9.36. The van der Waals surface area contributed by atoms with E-state index in [9.17, 15) is 14.4 Å². The molecular weight excluding hydrogens is 438 g/mol. The third-order valence-electron chi connectivity index (χ3n) is 4.11. The first kappa shape index (κ1) is 22.6. The molecule has 1 aromatic carbocycles. The number of aromatic nitrogens is 2. The zero-order valence-corrected chi connectivity index (χ0v) is 18.8. The number of ether oxygens (including phenoxy) is 2. The van der Waals surface area contributed by atoms with Gasteiger partial charge in [0.05, 0.1) is 17.8 Å². The third kappa shape index (κ3) is 5.33. The number of carbonyl (C=O) groups is 3. The molecule has 0 fully saturated rings. The van der Waals surface area contributed by atoms with Crippen LogP contribution in [0.2, 0.25) is 0 Å². The van der Waals surface area contributed by atoms with Gasteiger partial charge < -0.3 is 14.8 Å². The van der Waals surface area contributed by atoms with Crippen LogP contribution in [0.15, 0.2) is 47.8 Å². The van der Waals surface area contributed by atoms with Crippen molar-refractivity contribution in [3.05, 3.63) is 58.7 Å². The van der Waals surface area contributed by atoms with Crippen LogP contribution >= 0.6 is 23.1 Å². The number of hydrogen-bond donors (Lipinski definition) is 1. The molecule has 0 aliphatic carbocycles. The summed E-state index contributed by atoms with van der Waals surface area (Å²) in [6, 6.07) is 11.0. The Balaban J connectivity index is 1.66. The van der Waals surface area contributed by atoms with Crippen LogP contribution in [0, 0.1) is 6.92 Å². The lowest BCUT2D eigenvalue weighted by atomic mass is 10.3. The van der Waals surface area contributed by atoms with E-state index in [1.807, 2.05) is 36.6 Å². The quantitative estimate of drug-likeness (QED) is 0.402. The van der Waals surface area contributed by atoms with Gasteiger partial charge in [0.25, 0.3) is 5.91 Å². The number of amides is 1. The molecule has 0 saturated carbocycles. The molecule has 10 heteroatoms. The second kappa shape index (κ2) is 10.3. The highest BCUT2D eigenvalue weighted by Crippen LogP contribution is 2.27. The van der Waals surface area contributed by atoms with Gasteiger partial charge in [-0.05, 0) is 43.9 Å². The summed E-state index contributed by atoms with van der Waals surface area (Å²) in [7, 11) is 0. The lowest BCUT2D eigenvalue weighted by Gasteiger charge is -2.10. The van der Waals surface area contributed by atoms with Gasteiger partial charge in [-0.2, -0.15) is 0 Å². The number of nitrogens with zero attached hydrogens (tertiary/aromatic N) is 2. The number of rotatable bonds is 8. The highest BCUT2D eigenvalue weighted by Gasteiger charge is 2.21. The summed E-state index contributed by atoms with van der Waals surface area (Å²) in [5.41, 5.74) is 1.69. The van der Waals surface area contributed by atoms with E-state index in [2.05, 4.69) is 10.3 Å². The maximum Gasteiger partial charge on any atom is 0.357 e. The van der Waals surface area contributed by atoms with Crippen LogP contribution < -0.4 is 5.32 Å². The summed E-state index contributed by atoms with van der Waals surface area (Å²) in [5.74, 6) is -1.61. The van der Waals surface area contributed by atoms with Gasteiger partial charge in [0, 0.05) is 5.69 Å². The Labute approximate surface area is 187 Å². The molecule has 162 valence electrons. The second-order valence-corrected chi connectivity index (χ2v) is 8.09. The SMILES string of the molecule is CCOC(=O)c1sc(NC(=O)COC(=O)c2cnc(SC)n2-c2ccccc2)cc1C. The molecule has 1 N–H and O–H groups in total. The Morgan fingerprint density at radius 2 is 1.90 bits per heavy atom. The van der Waals surface area contributed by atoms with E-state index >= 15 is 0 Å². The fourth-order valence-electron chi connectivity index (χ4n) is 2.77. The largest absolute Gasteiger partial charge is 0.462 e. The van der Waals surface area contributed by atoms with Crippen molar-refractivity contribution in [3.8, 4) is 5.69 Å². The van der Waals surface area contributed by atoms with Crippen molar-refractivity contribution in [1.29, 1.82) is 0 Å². The summed E-state index contributed by atoms with van der Waals surface area (Å²) in [5, 5.41) is 3.74. The van der Waals surface area contributed by atoms with E-state index < -0.39 is 24.5 Å². The molecule has 0 radical (unpaired) electrons. The Morgan fingerprint density at radius 1 is 1.16 bits per heavy atom. The number of para-hydroxylation sites is 1. The van der Waals surface area contributed by atoms with E-state index in [4.69, 9.17) is 9.47 Å². The molecule has 0 aliphatic heterocycles. The molecule has 3 aromatic rings. The standard InChI is InChI=1S/C21H21N3O5S2/c1-4-28-20(27)18-13(2)10-17(31-18)23-16(25)12-29-19(26)15-11-22-21(30-3)24(15)14-8-6-5-7-9-14/h5-11H,4,12H2,1-3H3,(H,23,25). The average Bonchev–Trinajstić information content (AvgIpc) is 3.36. The zero-order valence-electron chi connectivity index (χ0n) is 17.2. The number of aryl methyl sites for hydroxylation is 1. The highest BCUT2D eigenvalue weighted by molar-refractivity contribution is 7.98.